The molecule has 0 saturated heterocycles. The fraction of sp³-hybridized carbons (Fsp3) is 0.0952. The minimum atomic E-state index is -1.29. The Morgan fingerprint density at radius 1 is 1.18 bits per heavy atom. The molecule has 0 aliphatic heterocycles. The van der Waals surface area contributed by atoms with E-state index in [1.54, 1.807) is 49.6 Å². The Morgan fingerprint density at radius 3 is 2.46 bits per heavy atom. The van der Waals surface area contributed by atoms with Gasteiger partial charge in [-0.1, -0.05) is 35.9 Å². The van der Waals surface area contributed by atoms with E-state index in [0.717, 1.165) is 10.2 Å². The number of halogens is 1. The Balaban J connectivity index is 1.94. The van der Waals surface area contributed by atoms with Gasteiger partial charge in [-0.25, -0.2) is 9.48 Å². The van der Waals surface area contributed by atoms with E-state index in [1.165, 1.54) is 6.07 Å². The van der Waals surface area contributed by atoms with Crippen LogP contribution in [-0.2, 0) is 6.54 Å². The lowest BCUT2D eigenvalue weighted by atomic mass is 10.1. The molecule has 1 N–H and O–H groups in total. The summed E-state index contributed by atoms with van der Waals surface area (Å²) in [5, 5.41) is 14.3. The number of hydrogen-bond acceptors (Lipinski definition) is 4. The van der Waals surface area contributed by atoms with Gasteiger partial charge < -0.3 is 9.84 Å². The van der Waals surface area contributed by atoms with Crippen LogP contribution >= 0.6 is 11.6 Å². The van der Waals surface area contributed by atoms with Gasteiger partial charge in [0.25, 0.3) is 5.56 Å². The number of ether oxygens (including phenoxy) is 1. The number of aromatic nitrogens is 2. The van der Waals surface area contributed by atoms with Gasteiger partial charge in [0.05, 0.1) is 19.3 Å². The van der Waals surface area contributed by atoms with E-state index >= 15 is 0 Å². The summed E-state index contributed by atoms with van der Waals surface area (Å²) in [6, 6.07) is 15.5. The first kappa shape index (κ1) is 19.4. The average Bonchev–Trinajstić information content (AvgIpc) is 2.70. The molecule has 0 amide bonds. The van der Waals surface area contributed by atoms with Gasteiger partial charge in [-0.15, -0.1) is 0 Å². The van der Waals surface area contributed by atoms with E-state index < -0.39 is 11.5 Å². The van der Waals surface area contributed by atoms with Crippen LogP contribution in [0.25, 0.3) is 17.3 Å². The molecule has 142 valence electrons. The van der Waals surface area contributed by atoms with Crippen molar-refractivity contribution >= 4 is 23.6 Å². The zero-order valence-electron chi connectivity index (χ0n) is 15.0. The molecule has 0 unspecified atom stereocenters. The van der Waals surface area contributed by atoms with Crippen molar-refractivity contribution in [1.29, 1.82) is 0 Å². The summed E-state index contributed by atoms with van der Waals surface area (Å²) < 4.78 is 6.26. The van der Waals surface area contributed by atoms with Crippen molar-refractivity contribution < 1.29 is 14.6 Å². The lowest BCUT2D eigenvalue weighted by molar-refractivity contribution is 0.0694. The summed E-state index contributed by atoms with van der Waals surface area (Å²) in [7, 11) is 1.56. The van der Waals surface area contributed by atoms with Gasteiger partial charge >= 0.3 is 5.97 Å². The van der Waals surface area contributed by atoms with Crippen LogP contribution in [0.1, 0.15) is 15.9 Å². The van der Waals surface area contributed by atoms with Crippen molar-refractivity contribution in [3.05, 3.63) is 87.2 Å². The molecule has 3 rings (SSSR count). The van der Waals surface area contributed by atoms with E-state index in [1.807, 2.05) is 18.2 Å². The third-order valence-electron chi connectivity index (χ3n) is 4.05. The minimum absolute atomic E-state index is 0.131. The number of aromatic carboxylic acids is 1. The Hall–Kier alpha value is -3.38. The topological polar surface area (TPSA) is 81.4 Å². The number of carbonyl (C=O) groups is 1. The van der Waals surface area contributed by atoms with Crippen molar-refractivity contribution in [3.8, 4) is 17.0 Å². The summed E-state index contributed by atoms with van der Waals surface area (Å²) in [5.41, 5.74) is 0.978. The highest BCUT2D eigenvalue weighted by Crippen LogP contribution is 2.20. The maximum Gasteiger partial charge on any atom is 0.341 e. The summed E-state index contributed by atoms with van der Waals surface area (Å²) >= 11 is 5.86. The van der Waals surface area contributed by atoms with Crippen molar-refractivity contribution in [2.24, 2.45) is 0 Å². The lowest BCUT2D eigenvalue weighted by Crippen LogP contribution is -2.28. The number of hydrogen-bond donors (Lipinski definition) is 1. The third kappa shape index (κ3) is 4.47. The van der Waals surface area contributed by atoms with Crippen molar-refractivity contribution in [2.75, 3.05) is 7.11 Å². The molecule has 6 nitrogen and oxygen atoms in total. The second-order valence-corrected chi connectivity index (χ2v) is 6.35. The van der Waals surface area contributed by atoms with Crippen LogP contribution in [0.3, 0.4) is 0 Å². The largest absolute Gasteiger partial charge is 0.497 e. The van der Waals surface area contributed by atoms with Gasteiger partial charge in [0, 0.05) is 10.6 Å². The maximum atomic E-state index is 12.4. The zero-order valence-corrected chi connectivity index (χ0v) is 15.8. The van der Waals surface area contributed by atoms with Crippen molar-refractivity contribution in [3.63, 3.8) is 0 Å². The highest BCUT2D eigenvalue weighted by Gasteiger charge is 2.15. The van der Waals surface area contributed by atoms with Crippen molar-refractivity contribution in [2.45, 2.75) is 6.54 Å². The molecule has 0 fully saturated rings. The van der Waals surface area contributed by atoms with Crippen LogP contribution in [0.5, 0.6) is 5.75 Å². The molecule has 28 heavy (non-hydrogen) atoms. The van der Waals surface area contributed by atoms with Crippen LogP contribution in [0, 0.1) is 0 Å². The molecule has 2 aromatic carbocycles. The molecular formula is C21H17ClN2O4. The number of carboxylic acids is 1. The minimum Gasteiger partial charge on any atom is -0.497 e. The molecule has 7 heteroatoms. The highest BCUT2D eigenvalue weighted by molar-refractivity contribution is 6.30. The number of carboxylic acid groups (broad SMARTS) is 1. The standard InChI is InChI=1S/C21H17ClN2O4/c1-28-17-10-6-15(7-11-17)19-13-18(21(26)27)20(25)24(23-19)12-2-3-14-4-8-16(22)9-5-14/h2-11,13H,12H2,1H3,(H,26,27)/b3-2+. The molecule has 0 spiro atoms. The Kier molecular flexibility index (Phi) is 5.91. The van der Waals surface area contributed by atoms with Gasteiger partial charge in [0.15, 0.2) is 0 Å². The number of benzene rings is 2. The van der Waals surface area contributed by atoms with Crippen LogP contribution in [0.2, 0.25) is 5.02 Å². The molecule has 1 aromatic heterocycles. The molecule has 3 aromatic rings. The molecule has 0 atom stereocenters. The van der Waals surface area contributed by atoms with Crippen molar-refractivity contribution in [1.82, 2.24) is 9.78 Å². The molecular weight excluding hydrogens is 380 g/mol. The fourth-order valence-corrected chi connectivity index (χ4v) is 2.71. The van der Waals surface area contributed by atoms with Gasteiger partial charge in [-0.2, -0.15) is 5.10 Å². The predicted octanol–water partition coefficient (Wildman–Crippen LogP) is 3.98. The first-order chi connectivity index (χ1) is 13.5. The average molecular weight is 397 g/mol. The normalized spacial score (nSPS) is 10.9. The smallest absolute Gasteiger partial charge is 0.341 e. The van der Waals surface area contributed by atoms with Gasteiger partial charge in [-0.05, 0) is 48.0 Å². The van der Waals surface area contributed by atoms with E-state index in [4.69, 9.17) is 16.3 Å². The summed E-state index contributed by atoms with van der Waals surface area (Å²) in [6.45, 7) is 0.131. The highest BCUT2D eigenvalue weighted by atomic mass is 35.5. The second kappa shape index (κ2) is 8.54. The lowest BCUT2D eigenvalue weighted by Gasteiger charge is -2.08. The van der Waals surface area contributed by atoms with Crippen LogP contribution in [-0.4, -0.2) is 28.0 Å². The predicted molar refractivity (Wildman–Crippen MR) is 108 cm³/mol. The SMILES string of the molecule is COc1ccc(-c2cc(C(=O)O)c(=O)n(C/C=C/c3ccc(Cl)cc3)n2)cc1. The van der Waals surface area contributed by atoms with E-state index in [9.17, 15) is 14.7 Å². The number of nitrogens with zero attached hydrogens (tertiary/aromatic N) is 2. The molecule has 0 saturated carbocycles. The quantitative estimate of drug-likeness (QED) is 0.681. The number of methoxy groups -OCH3 is 1. The Labute approximate surface area is 166 Å². The fourth-order valence-electron chi connectivity index (χ4n) is 2.58. The van der Waals surface area contributed by atoms with Crippen LogP contribution in [0.4, 0.5) is 0 Å². The summed E-state index contributed by atoms with van der Waals surface area (Å²) in [5.74, 6) is -0.626. The van der Waals surface area contributed by atoms with E-state index in [-0.39, 0.29) is 12.1 Å². The molecule has 1 heterocycles. The number of rotatable bonds is 6. The van der Waals surface area contributed by atoms with E-state index in [2.05, 4.69) is 5.10 Å². The van der Waals surface area contributed by atoms with Gasteiger partial charge in [0.2, 0.25) is 0 Å². The van der Waals surface area contributed by atoms with Crippen LogP contribution in [0.15, 0.2) is 65.5 Å². The molecule has 0 bridgehead atoms. The van der Waals surface area contributed by atoms with Gasteiger partial charge in [0.1, 0.15) is 11.3 Å². The van der Waals surface area contributed by atoms with E-state index in [0.29, 0.717) is 22.0 Å². The third-order valence-corrected chi connectivity index (χ3v) is 4.30. The van der Waals surface area contributed by atoms with Crippen LogP contribution < -0.4 is 10.3 Å². The first-order valence-corrected chi connectivity index (χ1v) is 8.77. The first-order valence-electron chi connectivity index (χ1n) is 8.40. The molecule has 0 aliphatic carbocycles. The zero-order chi connectivity index (χ0) is 20.1. The second-order valence-electron chi connectivity index (χ2n) is 5.92. The Morgan fingerprint density at radius 2 is 1.86 bits per heavy atom. The monoisotopic (exact) mass is 396 g/mol. The molecule has 0 radical (unpaired) electrons. The molecule has 0 aliphatic rings. The number of allylic oxidation sites excluding steroid dienone is 1. The maximum absolute atomic E-state index is 12.4. The summed E-state index contributed by atoms with van der Waals surface area (Å²) in [6.07, 6.45) is 3.55. The summed E-state index contributed by atoms with van der Waals surface area (Å²) in [4.78, 5) is 23.9. The van der Waals surface area contributed by atoms with Gasteiger partial charge in [-0.3, -0.25) is 4.79 Å². The Bertz CT molecular complexity index is 1070.